The molecule has 1 saturated heterocycles. The largest absolute Gasteiger partial charge is 0.326 e. The zero-order chi connectivity index (χ0) is 13.8. The molecule has 1 atom stereocenters. The minimum atomic E-state index is -0.358. The number of carbonyl (C=O) groups excluding carboxylic acids is 3. The summed E-state index contributed by atoms with van der Waals surface area (Å²) in [5, 5.41) is 4.36. The number of rotatable bonds is 4. The molecule has 1 aromatic rings. The second-order valence-corrected chi connectivity index (χ2v) is 5.36. The summed E-state index contributed by atoms with van der Waals surface area (Å²) in [6.45, 7) is 1.79. The standard InChI is InChI=1S/C13H14N2O3S/c1-2-11(16)14-9-5-3-8(4-6-9)7-10-12(17)15-13(18)19-10/h3-6,10H,2,7H2,1H3,(H,14,16)(H,15,17,18). The second-order valence-electron chi connectivity index (χ2n) is 4.19. The Morgan fingerprint density at radius 3 is 2.53 bits per heavy atom. The average molecular weight is 278 g/mol. The average Bonchev–Trinajstić information content (AvgIpc) is 2.70. The molecule has 1 unspecified atom stereocenters. The topological polar surface area (TPSA) is 75.3 Å². The van der Waals surface area contributed by atoms with E-state index in [1.807, 2.05) is 12.1 Å². The maximum atomic E-state index is 11.4. The number of thioether (sulfide) groups is 1. The van der Waals surface area contributed by atoms with Crippen LogP contribution in [0.2, 0.25) is 0 Å². The van der Waals surface area contributed by atoms with E-state index in [4.69, 9.17) is 0 Å². The monoisotopic (exact) mass is 278 g/mol. The van der Waals surface area contributed by atoms with E-state index in [0.717, 1.165) is 23.0 Å². The number of amides is 3. The molecule has 0 spiro atoms. The summed E-state index contributed by atoms with van der Waals surface area (Å²) in [4.78, 5) is 33.7. The lowest BCUT2D eigenvalue weighted by Crippen LogP contribution is -2.25. The van der Waals surface area contributed by atoms with Gasteiger partial charge in [0.15, 0.2) is 0 Å². The van der Waals surface area contributed by atoms with Crippen molar-refractivity contribution in [2.75, 3.05) is 5.32 Å². The quantitative estimate of drug-likeness (QED) is 0.882. The van der Waals surface area contributed by atoms with Crippen molar-refractivity contribution in [2.45, 2.75) is 25.0 Å². The summed E-state index contributed by atoms with van der Waals surface area (Å²) >= 11 is 1.02. The van der Waals surface area contributed by atoms with Gasteiger partial charge in [-0.15, -0.1) is 0 Å². The van der Waals surface area contributed by atoms with Crippen molar-refractivity contribution in [1.82, 2.24) is 5.32 Å². The van der Waals surface area contributed by atoms with Gasteiger partial charge in [-0.1, -0.05) is 30.8 Å². The molecule has 6 heteroatoms. The van der Waals surface area contributed by atoms with Gasteiger partial charge in [0, 0.05) is 12.1 Å². The SMILES string of the molecule is CCC(=O)Nc1ccc(CC2SC(=O)NC2=O)cc1. The lowest BCUT2D eigenvalue weighted by molar-refractivity contribution is -0.119. The number of carbonyl (C=O) groups is 3. The Hall–Kier alpha value is -1.82. The van der Waals surface area contributed by atoms with E-state index in [1.54, 1.807) is 19.1 Å². The van der Waals surface area contributed by atoms with Gasteiger partial charge < -0.3 is 5.32 Å². The molecule has 19 heavy (non-hydrogen) atoms. The summed E-state index contributed by atoms with van der Waals surface area (Å²) in [6.07, 6.45) is 0.937. The number of anilines is 1. The lowest BCUT2D eigenvalue weighted by atomic mass is 10.1. The van der Waals surface area contributed by atoms with E-state index < -0.39 is 0 Å². The number of imide groups is 1. The Morgan fingerprint density at radius 2 is 2.00 bits per heavy atom. The molecule has 5 nitrogen and oxygen atoms in total. The van der Waals surface area contributed by atoms with E-state index in [9.17, 15) is 14.4 Å². The molecule has 100 valence electrons. The molecule has 0 radical (unpaired) electrons. The van der Waals surface area contributed by atoms with Crippen LogP contribution in [0.1, 0.15) is 18.9 Å². The number of hydrogen-bond acceptors (Lipinski definition) is 4. The number of benzene rings is 1. The summed E-state index contributed by atoms with van der Waals surface area (Å²) in [6, 6.07) is 7.29. The van der Waals surface area contributed by atoms with Crippen molar-refractivity contribution in [3.63, 3.8) is 0 Å². The second kappa shape index (κ2) is 5.88. The first-order valence-electron chi connectivity index (χ1n) is 5.98. The van der Waals surface area contributed by atoms with Gasteiger partial charge in [0.1, 0.15) is 0 Å². The van der Waals surface area contributed by atoms with Gasteiger partial charge in [0.25, 0.3) is 5.24 Å². The molecule has 1 aromatic carbocycles. The van der Waals surface area contributed by atoms with Crippen molar-refractivity contribution in [1.29, 1.82) is 0 Å². The predicted molar refractivity (Wildman–Crippen MR) is 74.0 cm³/mol. The first-order chi connectivity index (χ1) is 9.08. The van der Waals surface area contributed by atoms with Crippen LogP contribution in [-0.2, 0) is 16.0 Å². The molecule has 3 amide bonds. The molecule has 1 fully saturated rings. The zero-order valence-electron chi connectivity index (χ0n) is 10.4. The molecular weight excluding hydrogens is 264 g/mol. The van der Waals surface area contributed by atoms with Crippen LogP contribution >= 0.6 is 11.8 Å². The normalized spacial score (nSPS) is 18.3. The van der Waals surface area contributed by atoms with Crippen molar-refractivity contribution >= 4 is 34.5 Å². The highest BCUT2D eigenvalue weighted by Crippen LogP contribution is 2.23. The molecule has 1 aliphatic rings. The van der Waals surface area contributed by atoms with Crippen molar-refractivity contribution in [3.8, 4) is 0 Å². The Bertz CT molecular complexity index is 513. The summed E-state index contributed by atoms with van der Waals surface area (Å²) in [5.74, 6) is -0.276. The van der Waals surface area contributed by atoms with E-state index in [0.29, 0.717) is 12.8 Å². The van der Waals surface area contributed by atoms with E-state index in [1.165, 1.54) is 0 Å². The molecule has 0 aliphatic carbocycles. The summed E-state index contributed by atoms with van der Waals surface area (Å²) in [5.41, 5.74) is 1.69. The molecule has 1 aliphatic heterocycles. The third kappa shape index (κ3) is 3.57. The van der Waals surface area contributed by atoms with Crippen LogP contribution in [0.15, 0.2) is 24.3 Å². The Balaban J connectivity index is 1.97. The van der Waals surface area contributed by atoms with Crippen LogP contribution in [0.25, 0.3) is 0 Å². The zero-order valence-corrected chi connectivity index (χ0v) is 11.3. The molecule has 2 rings (SSSR count). The van der Waals surface area contributed by atoms with Crippen LogP contribution < -0.4 is 10.6 Å². The van der Waals surface area contributed by atoms with Gasteiger partial charge in [0.05, 0.1) is 5.25 Å². The molecule has 0 bridgehead atoms. The third-order valence-electron chi connectivity index (χ3n) is 2.75. The summed E-state index contributed by atoms with van der Waals surface area (Å²) < 4.78 is 0. The van der Waals surface area contributed by atoms with Gasteiger partial charge in [-0.05, 0) is 24.1 Å². The van der Waals surface area contributed by atoms with Gasteiger partial charge in [-0.2, -0.15) is 0 Å². The van der Waals surface area contributed by atoms with Crippen molar-refractivity contribution in [3.05, 3.63) is 29.8 Å². The molecule has 0 saturated carbocycles. The maximum Gasteiger partial charge on any atom is 0.286 e. The van der Waals surface area contributed by atoms with Crippen LogP contribution in [0.5, 0.6) is 0 Å². The van der Waals surface area contributed by atoms with Crippen LogP contribution in [-0.4, -0.2) is 22.3 Å². The number of hydrogen-bond donors (Lipinski definition) is 2. The molecule has 1 heterocycles. The van der Waals surface area contributed by atoms with E-state index in [-0.39, 0.29) is 22.3 Å². The Morgan fingerprint density at radius 1 is 1.32 bits per heavy atom. The fourth-order valence-corrected chi connectivity index (χ4v) is 2.57. The highest BCUT2D eigenvalue weighted by molar-refractivity contribution is 8.15. The van der Waals surface area contributed by atoms with Gasteiger partial charge in [0.2, 0.25) is 11.8 Å². The Kier molecular flexibility index (Phi) is 4.21. The minimum absolute atomic E-state index is 0.0379. The molecule has 2 N–H and O–H groups in total. The highest BCUT2D eigenvalue weighted by Gasteiger charge is 2.31. The van der Waals surface area contributed by atoms with Crippen LogP contribution in [0.3, 0.4) is 0 Å². The van der Waals surface area contributed by atoms with Crippen molar-refractivity contribution < 1.29 is 14.4 Å². The number of nitrogens with one attached hydrogen (secondary N) is 2. The van der Waals surface area contributed by atoms with Crippen molar-refractivity contribution in [2.24, 2.45) is 0 Å². The maximum absolute atomic E-state index is 11.4. The first kappa shape index (κ1) is 13.6. The van der Waals surface area contributed by atoms with E-state index >= 15 is 0 Å². The highest BCUT2D eigenvalue weighted by atomic mass is 32.2. The van der Waals surface area contributed by atoms with Crippen LogP contribution in [0, 0.1) is 0 Å². The molecular formula is C13H14N2O3S. The van der Waals surface area contributed by atoms with Gasteiger partial charge >= 0.3 is 0 Å². The third-order valence-corrected chi connectivity index (χ3v) is 3.73. The fraction of sp³-hybridized carbons (Fsp3) is 0.308. The molecule has 0 aromatic heterocycles. The van der Waals surface area contributed by atoms with Gasteiger partial charge in [-0.3, -0.25) is 19.7 Å². The van der Waals surface area contributed by atoms with E-state index in [2.05, 4.69) is 10.6 Å². The first-order valence-corrected chi connectivity index (χ1v) is 6.86. The summed E-state index contributed by atoms with van der Waals surface area (Å²) in [7, 11) is 0. The van der Waals surface area contributed by atoms with Crippen LogP contribution in [0.4, 0.5) is 10.5 Å². The Labute approximate surface area is 115 Å². The lowest BCUT2D eigenvalue weighted by Gasteiger charge is -2.07. The minimum Gasteiger partial charge on any atom is -0.326 e. The van der Waals surface area contributed by atoms with Gasteiger partial charge in [-0.25, -0.2) is 0 Å². The smallest absolute Gasteiger partial charge is 0.286 e. The predicted octanol–water partition coefficient (Wildman–Crippen LogP) is 1.93. The fourth-order valence-electron chi connectivity index (χ4n) is 1.72.